The monoisotopic (exact) mass is 230 g/mol. The van der Waals surface area contributed by atoms with Crippen LogP contribution in [0.2, 0.25) is 0 Å². The molecule has 1 saturated heterocycles. The zero-order valence-electron chi connectivity index (χ0n) is 10.8. The van der Waals surface area contributed by atoms with Crippen LogP contribution in [0.3, 0.4) is 0 Å². The SMILES string of the molecule is CC(C)COCCN1CC(C)OC(CN)C1. The average Bonchev–Trinajstić information content (AvgIpc) is 2.23. The summed E-state index contributed by atoms with van der Waals surface area (Å²) in [4.78, 5) is 2.38. The fourth-order valence-electron chi connectivity index (χ4n) is 1.97. The third-order valence-corrected chi connectivity index (χ3v) is 2.67. The van der Waals surface area contributed by atoms with Crippen molar-refractivity contribution in [3.63, 3.8) is 0 Å². The van der Waals surface area contributed by atoms with Gasteiger partial charge in [0.05, 0.1) is 18.8 Å². The summed E-state index contributed by atoms with van der Waals surface area (Å²) in [7, 11) is 0. The molecular formula is C12H26N2O2. The minimum Gasteiger partial charge on any atom is -0.380 e. The normalized spacial score (nSPS) is 27.6. The van der Waals surface area contributed by atoms with Crippen molar-refractivity contribution in [1.82, 2.24) is 4.90 Å². The Morgan fingerprint density at radius 3 is 2.81 bits per heavy atom. The Morgan fingerprint density at radius 2 is 2.19 bits per heavy atom. The Bertz CT molecular complexity index is 188. The van der Waals surface area contributed by atoms with Crippen molar-refractivity contribution in [3.8, 4) is 0 Å². The fraction of sp³-hybridized carbons (Fsp3) is 1.00. The van der Waals surface area contributed by atoms with Crippen LogP contribution in [0.4, 0.5) is 0 Å². The van der Waals surface area contributed by atoms with Crippen molar-refractivity contribution in [2.24, 2.45) is 11.7 Å². The van der Waals surface area contributed by atoms with Gasteiger partial charge in [-0.25, -0.2) is 0 Å². The van der Waals surface area contributed by atoms with Gasteiger partial charge in [0.1, 0.15) is 0 Å². The number of hydrogen-bond donors (Lipinski definition) is 1. The highest BCUT2D eigenvalue weighted by Gasteiger charge is 2.23. The largest absolute Gasteiger partial charge is 0.380 e. The Hall–Kier alpha value is -0.160. The topological polar surface area (TPSA) is 47.7 Å². The standard InChI is InChI=1S/C12H26N2O2/c1-10(2)9-15-5-4-14-7-11(3)16-12(6-13)8-14/h10-12H,4-9,13H2,1-3H3. The van der Waals surface area contributed by atoms with Gasteiger partial charge in [-0.2, -0.15) is 0 Å². The first-order valence-corrected chi connectivity index (χ1v) is 6.27. The summed E-state index contributed by atoms with van der Waals surface area (Å²) in [5, 5.41) is 0. The van der Waals surface area contributed by atoms with Crippen LogP contribution in [0.25, 0.3) is 0 Å². The molecule has 0 aromatic carbocycles. The second-order valence-corrected chi connectivity index (χ2v) is 5.03. The molecule has 1 fully saturated rings. The average molecular weight is 230 g/mol. The van der Waals surface area contributed by atoms with Crippen LogP contribution in [0.5, 0.6) is 0 Å². The molecule has 1 aliphatic rings. The summed E-state index contributed by atoms with van der Waals surface area (Å²) in [6.45, 7) is 11.6. The van der Waals surface area contributed by atoms with E-state index in [0.29, 0.717) is 12.5 Å². The summed E-state index contributed by atoms with van der Waals surface area (Å²) < 4.78 is 11.3. The van der Waals surface area contributed by atoms with E-state index in [1.165, 1.54) is 0 Å². The number of hydrogen-bond acceptors (Lipinski definition) is 4. The van der Waals surface area contributed by atoms with Crippen molar-refractivity contribution in [1.29, 1.82) is 0 Å². The number of ether oxygens (including phenoxy) is 2. The van der Waals surface area contributed by atoms with Crippen molar-refractivity contribution in [3.05, 3.63) is 0 Å². The first kappa shape index (κ1) is 13.9. The van der Waals surface area contributed by atoms with Crippen molar-refractivity contribution >= 4 is 0 Å². The Balaban J connectivity index is 2.15. The number of nitrogens with zero attached hydrogens (tertiary/aromatic N) is 1. The van der Waals surface area contributed by atoms with Gasteiger partial charge in [-0.05, 0) is 12.8 Å². The van der Waals surface area contributed by atoms with E-state index in [1.807, 2.05) is 0 Å². The lowest BCUT2D eigenvalue weighted by atomic mass is 10.2. The molecule has 1 rings (SSSR count). The summed E-state index contributed by atoms with van der Waals surface area (Å²) in [5.41, 5.74) is 5.64. The molecule has 4 nitrogen and oxygen atoms in total. The van der Waals surface area contributed by atoms with E-state index < -0.39 is 0 Å². The zero-order valence-corrected chi connectivity index (χ0v) is 10.8. The smallest absolute Gasteiger partial charge is 0.0828 e. The maximum Gasteiger partial charge on any atom is 0.0828 e. The van der Waals surface area contributed by atoms with Crippen LogP contribution in [0.15, 0.2) is 0 Å². The molecule has 0 saturated carbocycles. The highest BCUT2D eigenvalue weighted by Crippen LogP contribution is 2.09. The summed E-state index contributed by atoms with van der Waals surface area (Å²) in [6, 6.07) is 0. The predicted molar refractivity (Wildman–Crippen MR) is 65.5 cm³/mol. The number of rotatable bonds is 6. The lowest BCUT2D eigenvalue weighted by Crippen LogP contribution is -2.50. The van der Waals surface area contributed by atoms with E-state index in [0.717, 1.165) is 32.8 Å². The molecule has 0 aromatic heterocycles. The van der Waals surface area contributed by atoms with Gasteiger partial charge in [0, 0.05) is 32.8 Å². The molecule has 0 aromatic rings. The van der Waals surface area contributed by atoms with Crippen molar-refractivity contribution in [2.75, 3.05) is 39.4 Å². The molecule has 2 unspecified atom stereocenters. The Morgan fingerprint density at radius 1 is 1.44 bits per heavy atom. The van der Waals surface area contributed by atoms with Gasteiger partial charge in [0.15, 0.2) is 0 Å². The second-order valence-electron chi connectivity index (χ2n) is 5.03. The quantitative estimate of drug-likeness (QED) is 0.683. The molecule has 0 amide bonds. The van der Waals surface area contributed by atoms with Crippen LogP contribution < -0.4 is 5.73 Å². The lowest BCUT2D eigenvalue weighted by Gasteiger charge is -2.36. The molecule has 2 N–H and O–H groups in total. The molecule has 0 aliphatic carbocycles. The lowest BCUT2D eigenvalue weighted by molar-refractivity contribution is -0.0773. The van der Waals surface area contributed by atoms with Gasteiger partial charge in [-0.3, -0.25) is 4.90 Å². The van der Waals surface area contributed by atoms with Crippen LogP contribution >= 0.6 is 0 Å². The summed E-state index contributed by atoms with van der Waals surface area (Å²) >= 11 is 0. The first-order valence-electron chi connectivity index (χ1n) is 6.27. The number of morpholine rings is 1. The van der Waals surface area contributed by atoms with Gasteiger partial charge in [0.2, 0.25) is 0 Å². The maximum atomic E-state index is 5.70. The van der Waals surface area contributed by atoms with E-state index in [-0.39, 0.29) is 12.2 Å². The molecule has 96 valence electrons. The third kappa shape index (κ3) is 5.25. The van der Waals surface area contributed by atoms with E-state index in [9.17, 15) is 0 Å². The number of nitrogens with two attached hydrogens (primary N) is 1. The zero-order chi connectivity index (χ0) is 12.0. The summed E-state index contributed by atoms with van der Waals surface area (Å²) in [6.07, 6.45) is 0.473. The Labute approximate surface area is 99.1 Å². The predicted octanol–water partition coefficient (Wildman–Crippen LogP) is 0.707. The maximum absolute atomic E-state index is 5.70. The second kappa shape index (κ2) is 7.22. The van der Waals surface area contributed by atoms with Crippen LogP contribution in [-0.4, -0.2) is 56.5 Å². The third-order valence-electron chi connectivity index (χ3n) is 2.67. The van der Waals surface area contributed by atoms with Crippen LogP contribution in [0.1, 0.15) is 20.8 Å². The van der Waals surface area contributed by atoms with Crippen molar-refractivity contribution in [2.45, 2.75) is 33.0 Å². The minimum atomic E-state index is 0.189. The van der Waals surface area contributed by atoms with Gasteiger partial charge >= 0.3 is 0 Å². The summed E-state index contributed by atoms with van der Waals surface area (Å²) in [5.74, 6) is 0.611. The highest BCUT2D eigenvalue weighted by molar-refractivity contribution is 4.76. The van der Waals surface area contributed by atoms with Gasteiger partial charge < -0.3 is 15.2 Å². The molecule has 2 atom stereocenters. The van der Waals surface area contributed by atoms with Crippen molar-refractivity contribution < 1.29 is 9.47 Å². The van der Waals surface area contributed by atoms with Gasteiger partial charge in [-0.15, -0.1) is 0 Å². The molecular weight excluding hydrogens is 204 g/mol. The highest BCUT2D eigenvalue weighted by atomic mass is 16.5. The minimum absolute atomic E-state index is 0.189. The molecule has 1 heterocycles. The van der Waals surface area contributed by atoms with Crippen LogP contribution in [0, 0.1) is 5.92 Å². The molecule has 1 aliphatic heterocycles. The van der Waals surface area contributed by atoms with E-state index in [1.54, 1.807) is 0 Å². The van der Waals surface area contributed by atoms with Gasteiger partial charge in [0.25, 0.3) is 0 Å². The Kier molecular flexibility index (Phi) is 6.28. The molecule has 16 heavy (non-hydrogen) atoms. The van der Waals surface area contributed by atoms with Crippen LogP contribution in [-0.2, 0) is 9.47 Å². The molecule has 0 spiro atoms. The van der Waals surface area contributed by atoms with E-state index in [2.05, 4.69) is 25.7 Å². The van der Waals surface area contributed by atoms with E-state index >= 15 is 0 Å². The molecule has 4 heteroatoms. The molecule has 0 radical (unpaired) electrons. The fourth-order valence-corrected chi connectivity index (χ4v) is 1.97. The first-order chi connectivity index (χ1) is 7.61. The van der Waals surface area contributed by atoms with E-state index in [4.69, 9.17) is 15.2 Å². The molecule has 0 bridgehead atoms. The van der Waals surface area contributed by atoms with Gasteiger partial charge in [-0.1, -0.05) is 13.8 Å².